The molecule has 0 bridgehead atoms. The largest absolute Gasteiger partial charge is 0.491 e. The average molecular weight is 321 g/mol. The maximum absolute atomic E-state index is 12.5. The molecule has 1 heterocycles. The maximum atomic E-state index is 12.5. The van der Waals surface area contributed by atoms with Gasteiger partial charge in [0.15, 0.2) is 5.79 Å². The Hall–Kier alpha value is -1.63. The highest BCUT2D eigenvalue weighted by Crippen LogP contribution is 2.37. The first-order valence-corrected chi connectivity index (χ1v) is 8.04. The Bertz CT molecular complexity index is 536. The number of hydrogen-bond acceptors (Lipinski definition) is 5. The minimum atomic E-state index is -0.623. The molecule has 1 unspecified atom stereocenters. The van der Waals surface area contributed by atoms with E-state index in [2.05, 4.69) is 5.32 Å². The van der Waals surface area contributed by atoms with Crippen LogP contribution in [0.3, 0.4) is 0 Å². The minimum Gasteiger partial charge on any atom is -0.491 e. The topological polar surface area (TPSA) is 66.0 Å². The van der Waals surface area contributed by atoms with Crippen LogP contribution in [-0.2, 0) is 14.2 Å². The summed E-state index contributed by atoms with van der Waals surface area (Å²) in [5.41, 5.74) is 0.569. The van der Waals surface area contributed by atoms with Crippen molar-refractivity contribution in [1.29, 1.82) is 0 Å². The summed E-state index contributed by atoms with van der Waals surface area (Å²) >= 11 is 0. The Morgan fingerprint density at radius 2 is 2.17 bits per heavy atom. The van der Waals surface area contributed by atoms with Gasteiger partial charge in [0.05, 0.1) is 25.9 Å². The van der Waals surface area contributed by atoms with Crippen LogP contribution in [0.5, 0.6) is 5.75 Å². The van der Waals surface area contributed by atoms with Crippen molar-refractivity contribution in [3.05, 3.63) is 29.8 Å². The fourth-order valence-corrected chi connectivity index (χ4v) is 3.16. The summed E-state index contributed by atoms with van der Waals surface area (Å²) in [6.07, 6.45) is 2.69. The molecule has 1 aliphatic carbocycles. The zero-order chi connectivity index (χ0) is 16.1. The van der Waals surface area contributed by atoms with Crippen molar-refractivity contribution in [3.63, 3.8) is 0 Å². The van der Waals surface area contributed by atoms with E-state index < -0.39 is 5.79 Å². The first-order valence-electron chi connectivity index (χ1n) is 8.04. The summed E-state index contributed by atoms with van der Waals surface area (Å²) in [5.74, 6) is -0.0980. The van der Waals surface area contributed by atoms with Crippen LogP contribution in [0.15, 0.2) is 24.3 Å². The molecule has 0 aromatic heterocycles. The summed E-state index contributed by atoms with van der Waals surface area (Å²) in [6, 6.07) is 7.05. The van der Waals surface area contributed by atoms with Crippen molar-refractivity contribution in [2.45, 2.75) is 31.1 Å². The number of hydrogen-bond donors (Lipinski definition) is 1. The lowest BCUT2D eigenvalue weighted by molar-refractivity contribution is -0.164. The number of rotatable bonds is 6. The molecule has 1 aromatic carbocycles. The molecule has 1 amide bonds. The zero-order valence-electron chi connectivity index (χ0n) is 13.4. The predicted molar refractivity (Wildman–Crippen MR) is 83.6 cm³/mol. The third kappa shape index (κ3) is 3.65. The molecule has 6 heteroatoms. The van der Waals surface area contributed by atoms with E-state index in [-0.39, 0.29) is 11.9 Å². The second-order valence-corrected chi connectivity index (χ2v) is 5.80. The van der Waals surface area contributed by atoms with Crippen molar-refractivity contribution in [2.75, 3.05) is 33.5 Å². The molecule has 23 heavy (non-hydrogen) atoms. The molecule has 6 nitrogen and oxygen atoms in total. The third-order valence-electron chi connectivity index (χ3n) is 4.28. The monoisotopic (exact) mass is 321 g/mol. The molecule has 1 aliphatic heterocycles. The number of carbonyl (C=O) groups excluding carboxylic acids is 1. The molecule has 0 radical (unpaired) electrons. The second-order valence-electron chi connectivity index (χ2n) is 5.80. The van der Waals surface area contributed by atoms with E-state index in [0.29, 0.717) is 37.7 Å². The first kappa shape index (κ1) is 16.2. The highest BCUT2D eigenvalue weighted by atomic mass is 16.7. The van der Waals surface area contributed by atoms with Gasteiger partial charge in [0, 0.05) is 19.1 Å². The molecule has 1 aromatic rings. The van der Waals surface area contributed by atoms with Gasteiger partial charge in [-0.15, -0.1) is 0 Å². The summed E-state index contributed by atoms with van der Waals surface area (Å²) in [6.45, 7) is 2.15. The van der Waals surface area contributed by atoms with Crippen LogP contribution >= 0.6 is 0 Å². The molecule has 2 fully saturated rings. The molecule has 1 N–H and O–H groups in total. The fourth-order valence-electron chi connectivity index (χ4n) is 3.16. The second kappa shape index (κ2) is 7.29. The summed E-state index contributed by atoms with van der Waals surface area (Å²) < 4.78 is 22.0. The summed E-state index contributed by atoms with van der Waals surface area (Å²) in [5, 5.41) is 3.05. The number of benzene rings is 1. The van der Waals surface area contributed by atoms with Crippen LogP contribution in [0.25, 0.3) is 0 Å². The summed E-state index contributed by atoms with van der Waals surface area (Å²) in [7, 11) is 1.62. The van der Waals surface area contributed by atoms with Gasteiger partial charge in [0.25, 0.3) is 5.91 Å². The molecule has 3 rings (SSSR count). The van der Waals surface area contributed by atoms with Crippen molar-refractivity contribution in [1.82, 2.24) is 5.32 Å². The van der Waals surface area contributed by atoms with E-state index in [1.54, 1.807) is 19.2 Å². The highest BCUT2D eigenvalue weighted by molar-refractivity contribution is 5.94. The van der Waals surface area contributed by atoms with Gasteiger partial charge in [-0.05, 0) is 31.0 Å². The fraction of sp³-hybridized carbons (Fsp3) is 0.588. The van der Waals surface area contributed by atoms with E-state index in [4.69, 9.17) is 18.9 Å². The molecule has 2 aliphatic rings. The minimum absolute atomic E-state index is 0.101. The van der Waals surface area contributed by atoms with Crippen LogP contribution in [0.2, 0.25) is 0 Å². The van der Waals surface area contributed by atoms with E-state index in [0.717, 1.165) is 19.3 Å². The number of ether oxygens (including phenoxy) is 4. The van der Waals surface area contributed by atoms with Crippen LogP contribution in [-0.4, -0.2) is 51.3 Å². The van der Waals surface area contributed by atoms with Gasteiger partial charge < -0.3 is 24.3 Å². The first-order chi connectivity index (χ1) is 11.2. The van der Waals surface area contributed by atoms with Gasteiger partial charge in [-0.2, -0.15) is 0 Å². The summed E-state index contributed by atoms with van der Waals surface area (Å²) in [4.78, 5) is 12.5. The van der Waals surface area contributed by atoms with Crippen molar-refractivity contribution >= 4 is 5.91 Å². The molecule has 126 valence electrons. The van der Waals surface area contributed by atoms with Gasteiger partial charge in [-0.1, -0.05) is 6.07 Å². The molecule has 1 saturated carbocycles. The van der Waals surface area contributed by atoms with Gasteiger partial charge in [0.2, 0.25) is 0 Å². The number of nitrogens with one attached hydrogen (secondary N) is 1. The van der Waals surface area contributed by atoms with Gasteiger partial charge in [0.1, 0.15) is 12.4 Å². The van der Waals surface area contributed by atoms with E-state index >= 15 is 0 Å². The van der Waals surface area contributed by atoms with Crippen LogP contribution < -0.4 is 10.1 Å². The van der Waals surface area contributed by atoms with E-state index in [9.17, 15) is 4.79 Å². The number of amides is 1. The molecule has 1 spiro atoms. The van der Waals surface area contributed by atoms with Crippen molar-refractivity contribution in [2.24, 2.45) is 0 Å². The number of carbonyl (C=O) groups is 1. The SMILES string of the molecule is COCCOc1cccc(C(=O)NC2CCCC23OCCO3)c1. The Morgan fingerprint density at radius 3 is 2.96 bits per heavy atom. The third-order valence-corrected chi connectivity index (χ3v) is 4.28. The molecule has 1 saturated heterocycles. The Balaban J connectivity index is 1.62. The quantitative estimate of drug-likeness (QED) is 0.809. The van der Waals surface area contributed by atoms with Gasteiger partial charge in [-0.25, -0.2) is 0 Å². The van der Waals surface area contributed by atoms with Gasteiger partial charge >= 0.3 is 0 Å². The molecular formula is C17H23NO5. The standard InChI is InChI=1S/C17H23NO5/c1-20-8-9-21-14-5-2-4-13(12-14)16(19)18-15-6-3-7-17(15)22-10-11-23-17/h2,4-5,12,15H,3,6-11H2,1H3,(H,18,19). The lowest BCUT2D eigenvalue weighted by Crippen LogP contribution is -2.49. The maximum Gasteiger partial charge on any atom is 0.251 e. The smallest absolute Gasteiger partial charge is 0.251 e. The predicted octanol–water partition coefficient (Wildman–Crippen LogP) is 1.74. The van der Waals surface area contributed by atoms with Gasteiger partial charge in [-0.3, -0.25) is 4.79 Å². The van der Waals surface area contributed by atoms with Crippen molar-refractivity contribution in [3.8, 4) is 5.75 Å². The normalized spacial score (nSPS) is 22.4. The zero-order valence-corrected chi connectivity index (χ0v) is 13.4. The van der Waals surface area contributed by atoms with Crippen LogP contribution in [0, 0.1) is 0 Å². The Morgan fingerprint density at radius 1 is 1.35 bits per heavy atom. The van der Waals surface area contributed by atoms with Crippen LogP contribution in [0.4, 0.5) is 0 Å². The Kier molecular flexibility index (Phi) is 5.15. The highest BCUT2D eigenvalue weighted by Gasteiger charge is 2.48. The van der Waals surface area contributed by atoms with E-state index in [1.165, 1.54) is 0 Å². The lowest BCUT2D eigenvalue weighted by atomic mass is 10.1. The Labute approximate surface area is 136 Å². The van der Waals surface area contributed by atoms with Crippen LogP contribution in [0.1, 0.15) is 29.6 Å². The molecular weight excluding hydrogens is 298 g/mol. The van der Waals surface area contributed by atoms with Crippen molar-refractivity contribution < 1.29 is 23.7 Å². The lowest BCUT2D eigenvalue weighted by Gasteiger charge is -2.29. The van der Waals surface area contributed by atoms with E-state index in [1.807, 2.05) is 12.1 Å². The molecule has 1 atom stereocenters. The number of methoxy groups -OCH3 is 1. The average Bonchev–Trinajstić information content (AvgIpc) is 3.19.